The van der Waals surface area contributed by atoms with Crippen molar-refractivity contribution in [3.05, 3.63) is 29.8 Å². The maximum absolute atomic E-state index is 12.0. The summed E-state index contributed by atoms with van der Waals surface area (Å²) in [7, 11) is 0. The molecule has 1 atom stereocenters. The van der Waals surface area contributed by atoms with E-state index in [9.17, 15) is 14.4 Å². The highest BCUT2D eigenvalue weighted by atomic mass is 32.2. The molecule has 0 spiro atoms. The number of hydrogen-bond donors (Lipinski definition) is 3. The van der Waals surface area contributed by atoms with Gasteiger partial charge in [0.1, 0.15) is 6.04 Å². The zero-order chi connectivity index (χ0) is 18.8. The predicted octanol–water partition coefficient (Wildman–Crippen LogP) is 2.08. The SMILES string of the molecule is CSCC[C@H](NC(N)=O)C(=O)OCC(=O)Nc1ccc(C(C)C)cc1. The van der Waals surface area contributed by atoms with Gasteiger partial charge in [-0.3, -0.25) is 4.79 Å². The number of benzene rings is 1. The summed E-state index contributed by atoms with van der Waals surface area (Å²) in [5.74, 6) is -0.0813. The minimum atomic E-state index is -0.858. The molecule has 0 aliphatic carbocycles. The van der Waals surface area contributed by atoms with Gasteiger partial charge in [-0.1, -0.05) is 26.0 Å². The zero-order valence-corrected chi connectivity index (χ0v) is 15.5. The van der Waals surface area contributed by atoms with Crippen molar-refractivity contribution >= 4 is 35.4 Å². The third-order valence-electron chi connectivity index (χ3n) is 3.42. The second-order valence-electron chi connectivity index (χ2n) is 5.78. The molecule has 1 aromatic rings. The Morgan fingerprint density at radius 3 is 2.36 bits per heavy atom. The maximum Gasteiger partial charge on any atom is 0.329 e. The number of nitrogens with one attached hydrogen (secondary N) is 2. The number of amides is 3. The molecule has 0 radical (unpaired) electrons. The van der Waals surface area contributed by atoms with Crippen LogP contribution in [0.25, 0.3) is 0 Å². The van der Waals surface area contributed by atoms with E-state index in [4.69, 9.17) is 10.5 Å². The highest BCUT2D eigenvalue weighted by Crippen LogP contribution is 2.17. The largest absolute Gasteiger partial charge is 0.454 e. The van der Waals surface area contributed by atoms with E-state index in [2.05, 4.69) is 24.5 Å². The Morgan fingerprint density at radius 1 is 1.20 bits per heavy atom. The first-order valence-corrected chi connectivity index (χ1v) is 9.34. The average Bonchev–Trinajstić information content (AvgIpc) is 2.56. The molecule has 1 aromatic carbocycles. The molecular formula is C17H25N3O4S. The zero-order valence-electron chi connectivity index (χ0n) is 14.7. The van der Waals surface area contributed by atoms with Crippen LogP contribution >= 0.6 is 11.8 Å². The Kier molecular flexibility index (Phi) is 8.83. The number of hydrogen-bond acceptors (Lipinski definition) is 5. The monoisotopic (exact) mass is 367 g/mol. The van der Waals surface area contributed by atoms with Gasteiger partial charge in [0.25, 0.3) is 5.91 Å². The summed E-state index contributed by atoms with van der Waals surface area (Å²) < 4.78 is 4.97. The van der Waals surface area contributed by atoms with Crippen LogP contribution in [0.5, 0.6) is 0 Å². The number of carbonyl (C=O) groups is 3. The Morgan fingerprint density at radius 2 is 1.84 bits per heavy atom. The second-order valence-corrected chi connectivity index (χ2v) is 6.76. The summed E-state index contributed by atoms with van der Waals surface area (Å²) in [5, 5.41) is 4.98. The molecule has 0 bridgehead atoms. The van der Waals surface area contributed by atoms with E-state index in [0.717, 1.165) is 0 Å². The smallest absolute Gasteiger partial charge is 0.329 e. The molecule has 7 nitrogen and oxygen atoms in total. The molecular weight excluding hydrogens is 342 g/mol. The number of thioether (sulfide) groups is 1. The molecule has 0 saturated carbocycles. The lowest BCUT2D eigenvalue weighted by Gasteiger charge is -2.16. The van der Waals surface area contributed by atoms with E-state index in [0.29, 0.717) is 23.8 Å². The minimum Gasteiger partial charge on any atom is -0.454 e. The first kappa shape index (κ1) is 20.8. The van der Waals surface area contributed by atoms with Gasteiger partial charge in [0.2, 0.25) is 0 Å². The molecule has 0 aliphatic heterocycles. The topological polar surface area (TPSA) is 111 Å². The lowest BCUT2D eigenvalue weighted by atomic mass is 10.0. The summed E-state index contributed by atoms with van der Waals surface area (Å²) in [6.45, 7) is 3.74. The molecule has 0 saturated heterocycles. The summed E-state index contributed by atoms with van der Waals surface area (Å²) in [4.78, 5) is 34.8. The van der Waals surface area contributed by atoms with Crippen LogP contribution < -0.4 is 16.4 Å². The number of urea groups is 1. The van der Waals surface area contributed by atoms with Gasteiger partial charge in [0, 0.05) is 5.69 Å². The molecule has 1 rings (SSSR count). The van der Waals surface area contributed by atoms with Gasteiger partial charge in [0.05, 0.1) is 0 Å². The van der Waals surface area contributed by atoms with E-state index in [1.807, 2.05) is 18.4 Å². The third-order valence-corrected chi connectivity index (χ3v) is 4.06. The molecule has 8 heteroatoms. The van der Waals surface area contributed by atoms with Crippen molar-refractivity contribution in [2.24, 2.45) is 5.73 Å². The van der Waals surface area contributed by atoms with E-state index in [1.54, 1.807) is 12.1 Å². The Hall–Kier alpha value is -2.22. The van der Waals surface area contributed by atoms with Crippen LogP contribution in [-0.2, 0) is 14.3 Å². The number of ether oxygens (including phenoxy) is 1. The first-order valence-electron chi connectivity index (χ1n) is 7.94. The van der Waals surface area contributed by atoms with Gasteiger partial charge in [-0.25, -0.2) is 9.59 Å². The van der Waals surface area contributed by atoms with Crippen molar-refractivity contribution < 1.29 is 19.1 Å². The Balaban J connectivity index is 2.50. The van der Waals surface area contributed by atoms with Crippen LogP contribution in [0.1, 0.15) is 31.7 Å². The summed E-state index contributed by atoms with van der Waals surface area (Å²) in [5.41, 5.74) is 6.84. The van der Waals surface area contributed by atoms with Crippen LogP contribution in [0.15, 0.2) is 24.3 Å². The lowest BCUT2D eigenvalue weighted by molar-refractivity contribution is -0.149. The number of esters is 1. The van der Waals surface area contributed by atoms with Crippen LogP contribution in [0, 0.1) is 0 Å². The average molecular weight is 367 g/mol. The van der Waals surface area contributed by atoms with Crippen molar-refractivity contribution in [2.75, 3.05) is 23.9 Å². The van der Waals surface area contributed by atoms with Gasteiger partial charge in [-0.2, -0.15) is 11.8 Å². The van der Waals surface area contributed by atoms with Gasteiger partial charge in [0.15, 0.2) is 6.61 Å². The summed E-state index contributed by atoms with van der Waals surface area (Å²) >= 11 is 1.52. The normalized spacial score (nSPS) is 11.7. The standard InChI is InChI=1S/C17H25N3O4S/c1-11(2)12-4-6-13(7-5-12)19-15(21)10-24-16(22)14(8-9-25-3)20-17(18)23/h4-7,11,14H,8-10H2,1-3H3,(H,19,21)(H3,18,20,23)/t14-/m0/s1. The van der Waals surface area contributed by atoms with Gasteiger partial charge >= 0.3 is 12.0 Å². The van der Waals surface area contributed by atoms with Crippen LogP contribution in [-0.4, -0.2) is 42.6 Å². The molecule has 0 aromatic heterocycles. The van der Waals surface area contributed by atoms with E-state index >= 15 is 0 Å². The second kappa shape index (κ2) is 10.6. The number of primary amides is 1. The van der Waals surface area contributed by atoms with Crippen LogP contribution in [0.3, 0.4) is 0 Å². The van der Waals surface area contributed by atoms with Crippen LogP contribution in [0.2, 0.25) is 0 Å². The number of anilines is 1. The Labute approximate surface area is 152 Å². The Bertz CT molecular complexity index is 590. The van der Waals surface area contributed by atoms with E-state index in [-0.39, 0.29) is 0 Å². The molecule has 4 N–H and O–H groups in total. The highest BCUT2D eigenvalue weighted by Gasteiger charge is 2.21. The molecule has 3 amide bonds. The van der Waals surface area contributed by atoms with Crippen molar-refractivity contribution in [3.63, 3.8) is 0 Å². The van der Waals surface area contributed by atoms with Crippen molar-refractivity contribution in [1.29, 1.82) is 0 Å². The fourth-order valence-electron chi connectivity index (χ4n) is 2.04. The molecule has 0 aliphatic rings. The van der Waals surface area contributed by atoms with Crippen molar-refractivity contribution in [3.8, 4) is 0 Å². The van der Waals surface area contributed by atoms with E-state index < -0.39 is 30.6 Å². The van der Waals surface area contributed by atoms with Gasteiger partial charge in [-0.05, 0) is 42.0 Å². The molecule has 25 heavy (non-hydrogen) atoms. The van der Waals surface area contributed by atoms with E-state index in [1.165, 1.54) is 17.3 Å². The fourth-order valence-corrected chi connectivity index (χ4v) is 2.51. The van der Waals surface area contributed by atoms with Crippen molar-refractivity contribution in [2.45, 2.75) is 32.2 Å². The molecule has 138 valence electrons. The lowest BCUT2D eigenvalue weighted by Crippen LogP contribution is -2.45. The molecule has 0 heterocycles. The first-order chi connectivity index (χ1) is 11.8. The summed E-state index contributed by atoms with van der Waals surface area (Å²) in [6.07, 6.45) is 2.26. The fraction of sp³-hybridized carbons (Fsp3) is 0.471. The van der Waals surface area contributed by atoms with Crippen LogP contribution in [0.4, 0.5) is 10.5 Å². The summed E-state index contributed by atoms with van der Waals surface area (Å²) in [6, 6.07) is 5.79. The third kappa shape index (κ3) is 7.93. The quantitative estimate of drug-likeness (QED) is 0.579. The highest BCUT2D eigenvalue weighted by molar-refractivity contribution is 7.98. The molecule has 0 fully saturated rings. The molecule has 0 unspecified atom stereocenters. The minimum absolute atomic E-state index is 0.376. The van der Waals surface area contributed by atoms with Gasteiger partial charge < -0.3 is 21.1 Å². The number of rotatable bonds is 9. The van der Waals surface area contributed by atoms with Gasteiger partial charge in [-0.15, -0.1) is 0 Å². The predicted molar refractivity (Wildman–Crippen MR) is 99.6 cm³/mol. The maximum atomic E-state index is 12.0. The number of carbonyl (C=O) groups excluding carboxylic acids is 3. The van der Waals surface area contributed by atoms with Crippen molar-refractivity contribution in [1.82, 2.24) is 5.32 Å². The number of nitrogens with two attached hydrogens (primary N) is 1.